The summed E-state index contributed by atoms with van der Waals surface area (Å²) in [5.74, 6) is -2.58. The lowest BCUT2D eigenvalue weighted by Crippen LogP contribution is -2.45. The molecule has 0 saturated heterocycles. The van der Waals surface area contributed by atoms with E-state index in [4.69, 9.17) is 15.9 Å². The number of carbonyl (C=O) groups excluding carboxylic acids is 1. The van der Waals surface area contributed by atoms with E-state index in [-0.39, 0.29) is 18.0 Å². The molecule has 122 valence electrons. The topological polar surface area (TPSA) is 130 Å². The fraction of sp³-hybridized carbons (Fsp3) is 0.643. The van der Waals surface area contributed by atoms with Crippen LogP contribution in [0, 0.1) is 0 Å². The van der Waals surface area contributed by atoms with Crippen molar-refractivity contribution in [3.05, 3.63) is 12.2 Å². The van der Waals surface area contributed by atoms with Gasteiger partial charge in [0.2, 0.25) is 5.91 Å². The molecule has 5 N–H and O–H groups in total. The summed E-state index contributed by atoms with van der Waals surface area (Å²) >= 11 is 0. The fourth-order valence-electron chi connectivity index (χ4n) is 1.45. The van der Waals surface area contributed by atoms with Crippen LogP contribution in [0.5, 0.6) is 0 Å². The van der Waals surface area contributed by atoms with Gasteiger partial charge in [0.1, 0.15) is 0 Å². The Hall–Kier alpha value is -1.89. The molecule has 0 aromatic carbocycles. The average Bonchev–Trinajstić information content (AvgIpc) is 2.36. The Morgan fingerprint density at radius 1 is 1.10 bits per heavy atom. The molecule has 0 aromatic rings. The summed E-state index contributed by atoms with van der Waals surface area (Å²) in [5.41, 5.74) is 5.12. The van der Waals surface area contributed by atoms with Crippen molar-refractivity contribution in [3.8, 4) is 0 Å². The van der Waals surface area contributed by atoms with E-state index in [1.54, 1.807) is 0 Å². The highest BCUT2D eigenvalue weighted by Crippen LogP contribution is 2.13. The largest absolute Gasteiger partial charge is 0.478 e. The molecule has 0 atom stereocenters. The molecule has 0 aliphatic rings. The van der Waals surface area contributed by atoms with E-state index in [1.165, 1.54) is 12.8 Å². The van der Waals surface area contributed by atoms with Crippen LogP contribution < -0.4 is 11.1 Å². The smallest absolute Gasteiger partial charge is 0.328 e. The highest BCUT2D eigenvalue weighted by atomic mass is 16.4. The molecule has 0 aromatic heterocycles. The van der Waals surface area contributed by atoms with Crippen LogP contribution in [0.2, 0.25) is 0 Å². The van der Waals surface area contributed by atoms with Crippen molar-refractivity contribution in [2.45, 2.75) is 52.0 Å². The van der Waals surface area contributed by atoms with E-state index >= 15 is 0 Å². The number of nitrogens with two attached hydrogens (primary N) is 1. The maximum Gasteiger partial charge on any atom is 0.328 e. The van der Waals surface area contributed by atoms with Gasteiger partial charge in [0, 0.05) is 17.7 Å². The summed E-state index contributed by atoms with van der Waals surface area (Å²) in [7, 11) is 0. The number of carboxylic acid groups (broad SMARTS) is 2. The van der Waals surface area contributed by atoms with Crippen molar-refractivity contribution in [2.24, 2.45) is 5.73 Å². The van der Waals surface area contributed by atoms with E-state index in [2.05, 4.69) is 12.2 Å². The first-order valence-electron chi connectivity index (χ1n) is 6.79. The number of hydrogen-bond acceptors (Lipinski definition) is 4. The van der Waals surface area contributed by atoms with E-state index in [9.17, 15) is 14.4 Å². The molecule has 0 radical (unpaired) electrons. The molecule has 0 aliphatic carbocycles. The lowest BCUT2D eigenvalue weighted by molar-refractivity contribution is -0.134. The van der Waals surface area contributed by atoms with Gasteiger partial charge in [0.05, 0.1) is 6.54 Å². The minimum absolute atomic E-state index is 0.0681. The molecule has 0 unspecified atom stereocenters. The Bertz CT molecular complexity index is 348. The normalized spacial score (nSPS) is 10.7. The molecule has 7 heteroatoms. The van der Waals surface area contributed by atoms with Gasteiger partial charge in [0.25, 0.3) is 0 Å². The second kappa shape index (κ2) is 11.9. The number of unbranched alkanes of at least 4 members (excludes halogenated alkanes) is 2. The lowest BCUT2D eigenvalue weighted by Gasteiger charge is -2.25. The van der Waals surface area contributed by atoms with Gasteiger partial charge in [-0.2, -0.15) is 0 Å². The number of nitrogens with one attached hydrogen (secondary N) is 1. The molecule has 0 rings (SSSR count). The van der Waals surface area contributed by atoms with E-state index in [1.807, 2.05) is 13.8 Å². The predicted molar refractivity (Wildman–Crippen MR) is 79.8 cm³/mol. The Labute approximate surface area is 125 Å². The molecule has 0 fully saturated rings. The molecule has 0 saturated carbocycles. The van der Waals surface area contributed by atoms with Gasteiger partial charge in [-0.3, -0.25) is 4.79 Å². The van der Waals surface area contributed by atoms with Crippen molar-refractivity contribution in [1.29, 1.82) is 0 Å². The first-order chi connectivity index (χ1) is 9.64. The van der Waals surface area contributed by atoms with Crippen LogP contribution in [0.4, 0.5) is 0 Å². The molecule has 0 spiro atoms. The van der Waals surface area contributed by atoms with Crippen LogP contribution in [0.25, 0.3) is 0 Å². The summed E-state index contributed by atoms with van der Waals surface area (Å²) in [6.07, 6.45) is 5.73. The second-order valence-electron chi connectivity index (χ2n) is 5.10. The monoisotopic (exact) mass is 302 g/mol. The van der Waals surface area contributed by atoms with Gasteiger partial charge in [0.15, 0.2) is 0 Å². The number of hydrogen-bond donors (Lipinski definition) is 4. The summed E-state index contributed by atoms with van der Waals surface area (Å²) in [6.45, 7) is 6.33. The summed E-state index contributed by atoms with van der Waals surface area (Å²) in [5, 5.41) is 18.5. The van der Waals surface area contributed by atoms with E-state index in [0.717, 1.165) is 12.8 Å². The molecule has 0 heterocycles. The van der Waals surface area contributed by atoms with Crippen molar-refractivity contribution in [2.75, 3.05) is 6.54 Å². The molecule has 0 aliphatic heterocycles. The summed E-state index contributed by atoms with van der Waals surface area (Å²) in [4.78, 5) is 30.1. The number of carboxylic acids is 2. The minimum Gasteiger partial charge on any atom is -0.478 e. The number of amides is 1. The van der Waals surface area contributed by atoms with E-state index in [0.29, 0.717) is 12.2 Å². The molecular formula is C14H26N2O5. The Kier molecular flexibility index (Phi) is 12.1. The van der Waals surface area contributed by atoms with Gasteiger partial charge in [-0.25, -0.2) is 9.59 Å². The third-order valence-electron chi connectivity index (χ3n) is 2.44. The first kappa shape index (κ1) is 21.4. The van der Waals surface area contributed by atoms with Crippen LogP contribution >= 0.6 is 0 Å². The van der Waals surface area contributed by atoms with Crippen molar-refractivity contribution < 1.29 is 24.6 Å². The van der Waals surface area contributed by atoms with Crippen molar-refractivity contribution in [3.63, 3.8) is 0 Å². The quantitative estimate of drug-likeness (QED) is 0.393. The number of aliphatic carboxylic acids is 2. The summed E-state index contributed by atoms with van der Waals surface area (Å²) in [6, 6.07) is 0. The molecule has 1 amide bonds. The Morgan fingerprint density at radius 2 is 1.57 bits per heavy atom. The van der Waals surface area contributed by atoms with Gasteiger partial charge in [-0.15, -0.1) is 0 Å². The van der Waals surface area contributed by atoms with Gasteiger partial charge in [-0.1, -0.05) is 26.2 Å². The zero-order chi connectivity index (χ0) is 16.9. The Balaban J connectivity index is 0. The van der Waals surface area contributed by atoms with Crippen LogP contribution in [0.3, 0.4) is 0 Å². The molecule has 7 nitrogen and oxygen atoms in total. The SMILES string of the molecule is CCCCCC(C)(C)NC(=O)CN.O=C(O)/C=C/C(=O)O. The highest BCUT2D eigenvalue weighted by Gasteiger charge is 2.18. The highest BCUT2D eigenvalue weighted by molar-refractivity contribution is 5.89. The maximum atomic E-state index is 11.0. The fourth-order valence-corrected chi connectivity index (χ4v) is 1.45. The van der Waals surface area contributed by atoms with Crippen molar-refractivity contribution >= 4 is 17.8 Å². The molecular weight excluding hydrogens is 276 g/mol. The van der Waals surface area contributed by atoms with Gasteiger partial charge >= 0.3 is 11.9 Å². The van der Waals surface area contributed by atoms with Crippen LogP contribution in [0.1, 0.15) is 46.5 Å². The van der Waals surface area contributed by atoms with Gasteiger partial charge < -0.3 is 21.3 Å². The van der Waals surface area contributed by atoms with Gasteiger partial charge in [-0.05, 0) is 20.3 Å². The third-order valence-corrected chi connectivity index (χ3v) is 2.44. The lowest BCUT2D eigenvalue weighted by atomic mass is 9.97. The number of rotatable bonds is 8. The van der Waals surface area contributed by atoms with Crippen LogP contribution in [-0.2, 0) is 14.4 Å². The maximum absolute atomic E-state index is 11.0. The van der Waals surface area contributed by atoms with Crippen molar-refractivity contribution in [1.82, 2.24) is 5.32 Å². The van der Waals surface area contributed by atoms with Crippen LogP contribution in [0.15, 0.2) is 12.2 Å². The van der Waals surface area contributed by atoms with Crippen LogP contribution in [-0.4, -0.2) is 40.1 Å². The molecule has 0 bridgehead atoms. The standard InChI is InChI=1S/C10H22N2O.C4H4O4/c1-4-5-6-7-10(2,3)12-9(13)8-11;5-3(6)1-2-4(7)8/h4-8,11H2,1-3H3,(H,12,13);1-2H,(H,5,6)(H,7,8)/b;2-1+. The van der Waals surface area contributed by atoms with E-state index < -0.39 is 11.9 Å². The Morgan fingerprint density at radius 3 is 1.90 bits per heavy atom. The first-order valence-corrected chi connectivity index (χ1v) is 6.79. The zero-order valence-corrected chi connectivity index (χ0v) is 12.9. The second-order valence-corrected chi connectivity index (χ2v) is 5.10. The zero-order valence-electron chi connectivity index (χ0n) is 12.9. The molecule has 21 heavy (non-hydrogen) atoms. The third kappa shape index (κ3) is 18.1. The minimum atomic E-state index is -1.26. The number of carbonyl (C=O) groups is 3. The summed E-state index contributed by atoms with van der Waals surface area (Å²) < 4.78 is 0. The average molecular weight is 302 g/mol. The predicted octanol–water partition coefficient (Wildman–Crippen LogP) is 1.13.